The van der Waals surface area contributed by atoms with Gasteiger partial charge in [0.15, 0.2) is 0 Å². The molecule has 1 aromatic carbocycles. The Hall–Kier alpha value is -0.980. The Morgan fingerprint density at radius 3 is 2.06 bits per heavy atom. The highest BCUT2D eigenvalue weighted by Crippen LogP contribution is 2.94. The molecule has 4 saturated carbocycles. The summed E-state index contributed by atoms with van der Waals surface area (Å²) in [7, 11) is 1.79. The van der Waals surface area contributed by atoms with Crippen molar-refractivity contribution in [1.29, 1.82) is 0 Å². The van der Waals surface area contributed by atoms with Crippen LogP contribution in [-0.2, 0) is 0 Å². The maximum Gasteiger partial charge on any atom is 0.119 e. The molecule has 1 aromatic rings. The van der Waals surface area contributed by atoms with Crippen LogP contribution in [0.25, 0.3) is 0 Å². The Bertz CT molecular complexity index is 526. The number of benzene rings is 1. The average molecular weight is 210 g/mol. The smallest absolute Gasteiger partial charge is 0.119 e. The molecule has 8 atom stereocenters. The lowest BCUT2D eigenvalue weighted by Crippen LogP contribution is -2.26. The van der Waals surface area contributed by atoms with Crippen LogP contribution < -0.4 is 4.74 Å². The second kappa shape index (κ2) is 1.83. The fourth-order valence-corrected chi connectivity index (χ4v) is 6.33. The van der Waals surface area contributed by atoms with Gasteiger partial charge in [-0.25, -0.2) is 0 Å². The van der Waals surface area contributed by atoms with Gasteiger partial charge >= 0.3 is 0 Å². The number of methoxy groups -OCH3 is 1. The van der Waals surface area contributed by atoms with Gasteiger partial charge in [0.25, 0.3) is 0 Å². The predicted molar refractivity (Wildman–Crippen MR) is 59.4 cm³/mol. The van der Waals surface area contributed by atoms with Crippen LogP contribution in [-0.4, -0.2) is 7.11 Å². The van der Waals surface area contributed by atoms with Crippen LogP contribution in [0.3, 0.4) is 0 Å². The van der Waals surface area contributed by atoms with E-state index in [1.54, 1.807) is 18.2 Å². The molecule has 0 heterocycles. The van der Waals surface area contributed by atoms with E-state index in [4.69, 9.17) is 4.74 Å². The SMILES string of the molecule is COc1ccc2c(c1)C1[C@@H]3[C@H]4C2[C@H]2[C@@H]1[C@@H]2[C@H]34. The molecular formula is C15H14O. The Labute approximate surface area is 94.8 Å². The third-order valence-corrected chi connectivity index (χ3v) is 6.50. The van der Waals surface area contributed by atoms with Crippen LogP contribution >= 0.6 is 0 Å². The van der Waals surface area contributed by atoms with Crippen molar-refractivity contribution in [2.45, 2.75) is 11.8 Å². The molecule has 0 aliphatic heterocycles. The van der Waals surface area contributed by atoms with Gasteiger partial charge in [-0.05, 0) is 70.6 Å². The van der Waals surface area contributed by atoms with E-state index >= 15 is 0 Å². The van der Waals surface area contributed by atoms with Crippen LogP contribution in [0.1, 0.15) is 23.0 Å². The molecule has 0 saturated heterocycles. The molecule has 0 aromatic heterocycles. The van der Waals surface area contributed by atoms with E-state index in [-0.39, 0.29) is 0 Å². The van der Waals surface area contributed by atoms with Gasteiger partial charge in [-0.2, -0.15) is 0 Å². The summed E-state index contributed by atoms with van der Waals surface area (Å²) in [5, 5.41) is 0. The quantitative estimate of drug-likeness (QED) is 0.692. The van der Waals surface area contributed by atoms with Gasteiger partial charge in [-0.3, -0.25) is 0 Å². The fraction of sp³-hybridized carbons (Fsp3) is 0.600. The van der Waals surface area contributed by atoms with Crippen LogP contribution in [0.4, 0.5) is 0 Å². The number of rotatable bonds is 1. The maximum atomic E-state index is 5.39. The topological polar surface area (TPSA) is 9.23 Å². The van der Waals surface area contributed by atoms with Gasteiger partial charge in [0.05, 0.1) is 7.11 Å². The number of ether oxygens (including phenoxy) is 1. The normalized spacial score (nSPS) is 59.6. The molecule has 0 spiro atoms. The molecule has 4 fully saturated rings. The molecular weight excluding hydrogens is 196 g/mol. The zero-order valence-corrected chi connectivity index (χ0v) is 9.26. The lowest BCUT2D eigenvalue weighted by Gasteiger charge is -2.37. The summed E-state index contributed by atoms with van der Waals surface area (Å²) in [5.41, 5.74) is 3.38. The standard InChI is InChI=1S/C15H14O/c1-16-5-2-3-6-7(4-5)9-12-10-8(6)11-13(9)15(11)14(10)12/h2-4,8-15H,1H3/t8?,9?,10-,11+,12-,13-,14+,15-/m1/s1. The lowest BCUT2D eigenvalue weighted by molar-refractivity contribution is 0.317. The summed E-state index contributed by atoms with van der Waals surface area (Å²) < 4.78 is 5.39. The predicted octanol–water partition coefficient (Wildman–Crippen LogP) is 2.63. The summed E-state index contributed by atoms with van der Waals surface area (Å²) in [6.07, 6.45) is 0. The Morgan fingerprint density at radius 2 is 1.44 bits per heavy atom. The van der Waals surface area contributed by atoms with Crippen molar-refractivity contribution < 1.29 is 4.74 Å². The highest BCUT2D eigenvalue weighted by molar-refractivity contribution is 5.56. The van der Waals surface area contributed by atoms with E-state index in [0.717, 1.165) is 53.1 Å². The Morgan fingerprint density at radius 1 is 0.812 bits per heavy atom. The van der Waals surface area contributed by atoms with Gasteiger partial charge in [-0.15, -0.1) is 0 Å². The van der Waals surface area contributed by atoms with E-state index < -0.39 is 0 Å². The minimum Gasteiger partial charge on any atom is -0.497 e. The minimum atomic E-state index is 0.945. The number of hydrogen-bond donors (Lipinski definition) is 0. The van der Waals surface area contributed by atoms with Crippen molar-refractivity contribution in [3.63, 3.8) is 0 Å². The van der Waals surface area contributed by atoms with Crippen LogP contribution in [0.5, 0.6) is 5.75 Å². The van der Waals surface area contributed by atoms with Crippen molar-refractivity contribution >= 4 is 0 Å². The Kier molecular flexibility index (Phi) is 0.843. The van der Waals surface area contributed by atoms with Gasteiger partial charge < -0.3 is 4.74 Å². The molecule has 0 N–H and O–H groups in total. The van der Waals surface area contributed by atoms with E-state index in [0.29, 0.717) is 0 Å². The Balaban J connectivity index is 1.67. The third kappa shape index (κ3) is 0.489. The van der Waals surface area contributed by atoms with E-state index in [9.17, 15) is 0 Å². The first-order valence-electron chi connectivity index (χ1n) is 6.59. The molecule has 7 rings (SSSR count). The first-order valence-corrected chi connectivity index (χ1v) is 6.59. The van der Waals surface area contributed by atoms with E-state index in [1.165, 1.54) is 0 Å². The second-order valence-electron chi connectivity index (χ2n) is 6.51. The van der Waals surface area contributed by atoms with Crippen molar-refractivity contribution in [2.24, 2.45) is 35.5 Å². The van der Waals surface area contributed by atoms with Crippen molar-refractivity contribution in [2.75, 3.05) is 7.11 Å². The van der Waals surface area contributed by atoms with Crippen molar-refractivity contribution in [1.82, 2.24) is 0 Å². The fourth-order valence-electron chi connectivity index (χ4n) is 6.33. The third-order valence-electron chi connectivity index (χ3n) is 6.50. The van der Waals surface area contributed by atoms with Gasteiger partial charge in [0.1, 0.15) is 5.75 Å². The van der Waals surface area contributed by atoms with Crippen LogP contribution in [0, 0.1) is 35.5 Å². The first kappa shape index (κ1) is 7.37. The van der Waals surface area contributed by atoms with Crippen LogP contribution in [0.2, 0.25) is 0 Å². The summed E-state index contributed by atoms with van der Waals surface area (Å²) in [4.78, 5) is 0. The molecule has 1 heteroatoms. The molecule has 0 amide bonds. The zero-order valence-electron chi connectivity index (χ0n) is 9.26. The summed E-state index contributed by atoms with van der Waals surface area (Å²) in [5.74, 6) is 9.73. The highest BCUT2D eigenvalue weighted by atomic mass is 16.5. The van der Waals surface area contributed by atoms with Gasteiger partial charge in [0.2, 0.25) is 0 Å². The highest BCUT2D eigenvalue weighted by Gasteiger charge is 2.88. The minimum absolute atomic E-state index is 0.945. The van der Waals surface area contributed by atoms with E-state index in [2.05, 4.69) is 18.2 Å². The summed E-state index contributed by atoms with van der Waals surface area (Å²) in [6.45, 7) is 0. The first-order chi connectivity index (χ1) is 7.92. The summed E-state index contributed by atoms with van der Waals surface area (Å²) >= 11 is 0. The molecule has 6 aliphatic carbocycles. The van der Waals surface area contributed by atoms with Crippen molar-refractivity contribution in [3.05, 3.63) is 29.3 Å². The molecule has 16 heavy (non-hydrogen) atoms. The van der Waals surface area contributed by atoms with Gasteiger partial charge in [-0.1, -0.05) is 6.07 Å². The summed E-state index contributed by atoms with van der Waals surface area (Å²) in [6, 6.07) is 6.88. The van der Waals surface area contributed by atoms with E-state index in [1.807, 2.05) is 0 Å². The monoisotopic (exact) mass is 210 g/mol. The largest absolute Gasteiger partial charge is 0.497 e. The average Bonchev–Trinajstić information content (AvgIpc) is 3.17. The molecule has 1 nitrogen and oxygen atoms in total. The molecule has 80 valence electrons. The molecule has 0 radical (unpaired) electrons. The molecule has 6 aliphatic rings. The molecule has 2 unspecified atom stereocenters. The van der Waals surface area contributed by atoms with Crippen molar-refractivity contribution in [3.8, 4) is 5.75 Å². The number of hydrogen-bond acceptors (Lipinski definition) is 1. The lowest BCUT2D eigenvalue weighted by atomic mass is 9.67. The van der Waals surface area contributed by atoms with Crippen LogP contribution in [0.15, 0.2) is 18.2 Å². The zero-order chi connectivity index (χ0) is 10.2. The second-order valence-corrected chi connectivity index (χ2v) is 6.51. The maximum absolute atomic E-state index is 5.39. The van der Waals surface area contributed by atoms with Gasteiger partial charge in [0, 0.05) is 0 Å². The molecule has 2 bridgehead atoms.